The fourth-order valence-electron chi connectivity index (χ4n) is 2.30. The van der Waals surface area contributed by atoms with Gasteiger partial charge in [-0.2, -0.15) is 0 Å². The van der Waals surface area contributed by atoms with Crippen LogP contribution >= 0.6 is 0 Å². The Balaban J connectivity index is 2.17. The van der Waals surface area contributed by atoms with Crippen LogP contribution in [0.3, 0.4) is 0 Å². The molecule has 5 nitrogen and oxygen atoms in total. The smallest absolute Gasteiger partial charge is 0.407 e. The van der Waals surface area contributed by atoms with Crippen molar-refractivity contribution in [3.63, 3.8) is 0 Å². The molecular weight excluding hydrogens is 242 g/mol. The Kier molecular flexibility index (Phi) is 3.93. The average molecular weight is 263 g/mol. The third kappa shape index (κ3) is 3.16. The molecule has 1 aromatic rings. The van der Waals surface area contributed by atoms with E-state index in [4.69, 9.17) is 5.11 Å². The molecule has 1 atom stereocenters. The summed E-state index contributed by atoms with van der Waals surface area (Å²) in [6.07, 6.45) is -0.862. The van der Waals surface area contributed by atoms with Crippen LogP contribution in [-0.2, 0) is 6.54 Å². The summed E-state index contributed by atoms with van der Waals surface area (Å²) in [5.74, 6) is 1.58. The molecule has 0 fully saturated rings. The number of nitrogens with one attached hydrogen (secondary N) is 1. The molecule has 0 unspecified atom stereocenters. The van der Waals surface area contributed by atoms with E-state index in [-0.39, 0.29) is 5.92 Å². The number of carbonyl (C=O) groups is 1. The molecule has 0 aromatic carbocycles. The van der Waals surface area contributed by atoms with Gasteiger partial charge in [0.2, 0.25) is 0 Å². The summed E-state index contributed by atoms with van der Waals surface area (Å²) < 4.78 is 0. The van der Waals surface area contributed by atoms with E-state index in [1.54, 1.807) is 0 Å². The van der Waals surface area contributed by atoms with E-state index >= 15 is 0 Å². The summed E-state index contributed by atoms with van der Waals surface area (Å²) in [7, 11) is 0. The first-order valence-electron chi connectivity index (χ1n) is 6.69. The largest absolute Gasteiger partial charge is 0.465 e. The molecule has 1 aliphatic heterocycles. The highest BCUT2D eigenvalue weighted by molar-refractivity contribution is 5.65. The number of pyridine rings is 1. The normalized spacial score (nSPS) is 18.3. The van der Waals surface area contributed by atoms with Crippen LogP contribution in [-0.4, -0.2) is 34.2 Å². The first-order chi connectivity index (χ1) is 8.97. The summed E-state index contributed by atoms with van der Waals surface area (Å²) in [5, 5.41) is 12.4. The standard InChI is InChI=1S/C14H21N3O2/c1-9(2)6-15-12-5-4-11-8-17(14(18)19)7-10(3)13(11)16-12/h4-5,9-10H,6-8H2,1-3H3,(H,15,16)(H,18,19)/t10-/m0/s1. The van der Waals surface area contributed by atoms with E-state index in [0.717, 1.165) is 23.6 Å². The highest BCUT2D eigenvalue weighted by Crippen LogP contribution is 2.27. The quantitative estimate of drug-likeness (QED) is 0.880. The van der Waals surface area contributed by atoms with Gasteiger partial charge in [-0.05, 0) is 17.5 Å². The molecule has 104 valence electrons. The first-order valence-corrected chi connectivity index (χ1v) is 6.69. The van der Waals surface area contributed by atoms with Gasteiger partial charge in [0.25, 0.3) is 0 Å². The maximum absolute atomic E-state index is 11.0. The molecular formula is C14H21N3O2. The van der Waals surface area contributed by atoms with Crippen molar-refractivity contribution in [1.29, 1.82) is 0 Å². The van der Waals surface area contributed by atoms with Crippen LogP contribution in [0.4, 0.5) is 10.6 Å². The van der Waals surface area contributed by atoms with Crippen molar-refractivity contribution in [2.24, 2.45) is 5.92 Å². The molecule has 2 heterocycles. The van der Waals surface area contributed by atoms with E-state index in [0.29, 0.717) is 19.0 Å². The second-order valence-corrected chi connectivity index (χ2v) is 5.58. The zero-order chi connectivity index (χ0) is 14.0. The van der Waals surface area contributed by atoms with Gasteiger partial charge in [-0.3, -0.25) is 0 Å². The Labute approximate surface area is 113 Å². The summed E-state index contributed by atoms with van der Waals surface area (Å²) in [5.41, 5.74) is 2.03. The van der Waals surface area contributed by atoms with Crippen molar-refractivity contribution in [1.82, 2.24) is 9.88 Å². The highest BCUT2D eigenvalue weighted by atomic mass is 16.4. The van der Waals surface area contributed by atoms with Crippen molar-refractivity contribution in [2.45, 2.75) is 33.2 Å². The minimum absolute atomic E-state index is 0.139. The second-order valence-electron chi connectivity index (χ2n) is 5.58. The second kappa shape index (κ2) is 5.47. The molecule has 1 aromatic heterocycles. The number of hydrogen-bond donors (Lipinski definition) is 2. The molecule has 0 saturated heterocycles. The molecule has 2 rings (SSSR count). The van der Waals surface area contributed by atoms with Crippen LogP contribution in [0.15, 0.2) is 12.1 Å². The van der Waals surface area contributed by atoms with Crippen LogP contribution in [0.25, 0.3) is 0 Å². The third-order valence-electron chi connectivity index (χ3n) is 3.30. The van der Waals surface area contributed by atoms with E-state index in [2.05, 4.69) is 24.1 Å². The minimum Gasteiger partial charge on any atom is -0.465 e. The fraction of sp³-hybridized carbons (Fsp3) is 0.571. The van der Waals surface area contributed by atoms with Gasteiger partial charge in [0.1, 0.15) is 5.82 Å². The van der Waals surface area contributed by atoms with Crippen molar-refractivity contribution in [3.05, 3.63) is 23.4 Å². The van der Waals surface area contributed by atoms with Gasteiger partial charge in [-0.1, -0.05) is 26.8 Å². The van der Waals surface area contributed by atoms with Crippen LogP contribution in [0.2, 0.25) is 0 Å². The van der Waals surface area contributed by atoms with Crippen molar-refractivity contribution < 1.29 is 9.90 Å². The summed E-state index contributed by atoms with van der Waals surface area (Å²) in [6, 6.07) is 3.91. The summed E-state index contributed by atoms with van der Waals surface area (Å²) >= 11 is 0. The topological polar surface area (TPSA) is 65.5 Å². The number of hydrogen-bond acceptors (Lipinski definition) is 3. The molecule has 2 N–H and O–H groups in total. The molecule has 0 aliphatic carbocycles. The van der Waals surface area contributed by atoms with Crippen molar-refractivity contribution in [2.75, 3.05) is 18.4 Å². The number of nitrogens with zero attached hydrogens (tertiary/aromatic N) is 2. The number of amides is 1. The van der Waals surface area contributed by atoms with Gasteiger partial charge in [-0.15, -0.1) is 0 Å². The van der Waals surface area contributed by atoms with Crippen LogP contribution in [0.5, 0.6) is 0 Å². The zero-order valence-electron chi connectivity index (χ0n) is 11.7. The van der Waals surface area contributed by atoms with Crippen LogP contribution in [0, 0.1) is 5.92 Å². The predicted octanol–water partition coefficient (Wildman–Crippen LogP) is 2.75. The number of fused-ring (bicyclic) bond motifs is 1. The minimum atomic E-state index is -0.862. The average Bonchev–Trinajstić information content (AvgIpc) is 2.36. The fourth-order valence-corrected chi connectivity index (χ4v) is 2.30. The monoisotopic (exact) mass is 263 g/mol. The maximum atomic E-state index is 11.0. The molecule has 19 heavy (non-hydrogen) atoms. The van der Waals surface area contributed by atoms with Crippen LogP contribution < -0.4 is 5.32 Å². The molecule has 0 spiro atoms. The highest BCUT2D eigenvalue weighted by Gasteiger charge is 2.26. The summed E-state index contributed by atoms with van der Waals surface area (Å²) in [6.45, 7) is 8.17. The Hall–Kier alpha value is -1.78. The van der Waals surface area contributed by atoms with Gasteiger partial charge < -0.3 is 15.3 Å². The van der Waals surface area contributed by atoms with Gasteiger partial charge in [-0.25, -0.2) is 9.78 Å². The third-order valence-corrected chi connectivity index (χ3v) is 3.30. The van der Waals surface area contributed by atoms with E-state index < -0.39 is 6.09 Å². The Morgan fingerprint density at radius 1 is 1.58 bits per heavy atom. The molecule has 0 bridgehead atoms. The Bertz CT molecular complexity index is 474. The van der Waals surface area contributed by atoms with E-state index in [9.17, 15) is 4.79 Å². The number of anilines is 1. The lowest BCUT2D eigenvalue weighted by Crippen LogP contribution is -2.37. The van der Waals surface area contributed by atoms with Gasteiger partial charge >= 0.3 is 6.09 Å². The van der Waals surface area contributed by atoms with Gasteiger partial charge in [0.15, 0.2) is 0 Å². The first kappa shape index (κ1) is 13.6. The Morgan fingerprint density at radius 2 is 2.32 bits per heavy atom. The predicted molar refractivity (Wildman–Crippen MR) is 74.4 cm³/mol. The number of carboxylic acid groups (broad SMARTS) is 1. The lowest BCUT2D eigenvalue weighted by atomic mass is 9.96. The lowest BCUT2D eigenvalue weighted by Gasteiger charge is -2.30. The number of aromatic nitrogens is 1. The molecule has 0 saturated carbocycles. The lowest BCUT2D eigenvalue weighted by molar-refractivity contribution is 0.135. The molecule has 0 radical (unpaired) electrons. The van der Waals surface area contributed by atoms with E-state index in [1.165, 1.54) is 4.90 Å². The Morgan fingerprint density at radius 3 is 2.95 bits per heavy atom. The molecule has 1 amide bonds. The SMILES string of the molecule is CC(C)CNc1ccc2c(n1)[C@@H](C)CN(C(=O)O)C2. The van der Waals surface area contributed by atoms with Crippen molar-refractivity contribution in [3.8, 4) is 0 Å². The maximum Gasteiger partial charge on any atom is 0.407 e. The van der Waals surface area contributed by atoms with E-state index in [1.807, 2.05) is 19.1 Å². The molecule has 5 heteroatoms. The van der Waals surface area contributed by atoms with Crippen molar-refractivity contribution >= 4 is 11.9 Å². The van der Waals surface area contributed by atoms with Gasteiger partial charge in [0.05, 0.1) is 12.2 Å². The van der Waals surface area contributed by atoms with Gasteiger partial charge in [0, 0.05) is 19.0 Å². The van der Waals surface area contributed by atoms with Crippen LogP contribution in [0.1, 0.15) is 37.9 Å². The number of rotatable bonds is 3. The zero-order valence-corrected chi connectivity index (χ0v) is 11.7. The summed E-state index contributed by atoms with van der Waals surface area (Å²) in [4.78, 5) is 17.1. The molecule has 1 aliphatic rings.